The van der Waals surface area contributed by atoms with E-state index in [1.807, 2.05) is 0 Å². The van der Waals surface area contributed by atoms with Crippen molar-refractivity contribution in [2.75, 3.05) is 11.0 Å². The highest BCUT2D eigenvalue weighted by Gasteiger charge is 2.68. The van der Waals surface area contributed by atoms with Gasteiger partial charge in [0.05, 0.1) is 34.4 Å². The zero-order chi connectivity index (χ0) is 41.9. The van der Waals surface area contributed by atoms with Crippen molar-refractivity contribution in [3.63, 3.8) is 0 Å². The number of halogens is 7. The molecule has 5 aromatic heterocycles. The number of carbonyl (C=O) groups excluding carboxylic acids is 1. The normalized spacial score (nSPS) is 17.7. The number of aryl methyl sites for hydroxylation is 2. The molecule has 5 heterocycles. The first-order valence-electron chi connectivity index (χ1n) is 17.8. The van der Waals surface area contributed by atoms with Crippen LogP contribution in [0.5, 0.6) is 0 Å². The fraction of sp³-hybridized carbons (Fsp3) is 0.297. The molecule has 2 aromatic carbocycles. The number of benzene rings is 2. The first-order chi connectivity index (χ1) is 27.7. The van der Waals surface area contributed by atoms with Crippen LogP contribution in [0.15, 0.2) is 54.9 Å². The molecular formula is C37H29F7N10O3S2. The third kappa shape index (κ3) is 6.86. The highest BCUT2D eigenvalue weighted by atomic mass is 32.2. The van der Waals surface area contributed by atoms with Crippen LogP contribution in [0, 0.1) is 17.6 Å². The average Bonchev–Trinajstić information content (AvgIpc) is 3.43. The molecule has 1 fully saturated rings. The van der Waals surface area contributed by atoms with Crippen LogP contribution in [0.25, 0.3) is 42.9 Å². The summed E-state index contributed by atoms with van der Waals surface area (Å²) in [6.45, 7) is -1.06. The first kappa shape index (κ1) is 38.6. The van der Waals surface area contributed by atoms with Gasteiger partial charge in [0.25, 0.3) is 5.92 Å². The maximum Gasteiger partial charge on any atom is 0.435 e. The summed E-state index contributed by atoms with van der Waals surface area (Å²) in [5, 5.41) is 15.6. The lowest BCUT2D eigenvalue weighted by Gasteiger charge is -2.23. The number of rotatable bonds is 10. The highest BCUT2D eigenvalue weighted by molar-refractivity contribution is 7.92. The van der Waals surface area contributed by atoms with E-state index in [1.54, 1.807) is 55.4 Å². The summed E-state index contributed by atoms with van der Waals surface area (Å²) < 4.78 is 133. The van der Waals surface area contributed by atoms with Crippen LogP contribution in [0.3, 0.4) is 0 Å². The predicted octanol–water partition coefficient (Wildman–Crippen LogP) is 6.82. The Labute approximate surface area is 332 Å². The van der Waals surface area contributed by atoms with E-state index in [9.17, 15) is 35.2 Å². The van der Waals surface area contributed by atoms with E-state index in [1.165, 1.54) is 16.0 Å². The van der Waals surface area contributed by atoms with Gasteiger partial charge in [-0.1, -0.05) is 12.1 Å². The van der Waals surface area contributed by atoms with E-state index >= 15 is 8.78 Å². The van der Waals surface area contributed by atoms with E-state index < -0.39 is 81.0 Å². The van der Waals surface area contributed by atoms with Crippen molar-refractivity contribution in [1.29, 1.82) is 0 Å². The Bertz CT molecular complexity index is 2970. The third-order valence-electron chi connectivity index (χ3n) is 10.3. The van der Waals surface area contributed by atoms with Crippen LogP contribution in [0.1, 0.15) is 46.6 Å². The van der Waals surface area contributed by atoms with Crippen molar-refractivity contribution in [2.24, 2.45) is 20.0 Å². The quantitative estimate of drug-likeness (QED) is 0.142. The minimum Gasteiger partial charge on any atom is -0.346 e. The van der Waals surface area contributed by atoms with Crippen LogP contribution in [0.4, 0.5) is 36.6 Å². The molecule has 59 heavy (non-hydrogen) atoms. The molecule has 3 atom stereocenters. The summed E-state index contributed by atoms with van der Waals surface area (Å²) in [6.07, 6.45) is -1.26. The van der Waals surface area contributed by atoms with Crippen molar-refractivity contribution in [2.45, 2.75) is 43.4 Å². The second-order valence-electron chi connectivity index (χ2n) is 14.7. The molecule has 13 nitrogen and oxygen atoms in total. The van der Waals surface area contributed by atoms with Crippen LogP contribution >= 0.6 is 11.3 Å². The molecule has 2 aliphatic rings. The number of hydrogen-bond acceptors (Lipinski definition) is 9. The molecule has 0 saturated heterocycles. The molecule has 22 heteroatoms. The number of nitrogens with zero attached hydrogens (tertiary/aromatic N) is 8. The Morgan fingerprint density at radius 1 is 1.05 bits per heavy atom. The standard InChI is InChI=1S/C37H29F7N10O3S2/c1-52-14-17(13-45-52)35-48-34-26(58-35)12-22(20-5-4-6-21-30(20)53(2)50-33(21)51-59(3,56)57)29(47-34)25(9-16-7-18(38)10-19(39)8-16)46-27(55)15-54-32-28(31(49-54)37(42,43)44)23-11-24(23)36(32,40)41/h4-8,10,12-14,23-25H,9,11,15H2,1-3H3,(H,46,55)(H,50,51)/t23?,24-,25?/m1/s1. The van der Waals surface area contributed by atoms with Gasteiger partial charge < -0.3 is 5.32 Å². The van der Waals surface area contributed by atoms with Crippen LogP contribution in [0.2, 0.25) is 0 Å². The second-order valence-corrected chi connectivity index (χ2v) is 17.4. The summed E-state index contributed by atoms with van der Waals surface area (Å²) in [6, 6.07) is 8.03. The smallest absolute Gasteiger partial charge is 0.346 e. The van der Waals surface area contributed by atoms with Gasteiger partial charge in [-0.25, -0.2) is 27.2 Å². The fourth-order valence-corrected chi connectivity index (χ4v) is 9.39. The van der Waals surface area contributed by atoms with Gasteiger partial charge in [-0.15, -0.1) is 11.3 Å². The molecule has 2 unspecified atom stereocenters. The summed E-state index contributed by atoms with van der Waals surface area (Å²) in [4.78, 5) is 23.6. The van der Waals surface area contributed by atoms with Gasteiger partial charge in [0.1, 0.15) is 28.9 Å². The van der Waals surface area contributed by atoms with Crippen LogP contribution in [-0.4, -0.2) is 59.9 Å². The van der Waals surface area contributed by atoms with Crippen molar-refractivity contribution in [3.05, 3.63) is 94.7 Å². The van der Waals surface area contributed by atoms with Crippen molar-refractivity contribution in [1.82, 2.24) is 44.6 Å². The number of para-hydroxylation sites is 1. The Balaban J connectivity index is 1.21. The van der Waals surface area contributed by atoms with Crippen molar-refractivity contribution < 1.29 is 43.9 Å². The average molecular weight is 859 g/mol. The van der Waals surface area contributed by atoms with Gasteiger partial charge in [-0.05, 0) is 48.6 Å². The summed E-state index contributed by atoms with van der Waals surface area (Å²) in [5.41, 5.74) is -0.969. The SMILES string of the molecule is Cn1cc(-c2nc3nc(C(Cc4cc(F)cc(F)c4)NC(=O)Cn4nc(C(F)(F)F)c5c4C(F)(F)[C@@H]4CC54)c(-c4cccc5c(NS(C)(=O)=O)nn(C)c45)cc3s2)cn1. The lowest BCUT2D eigenvalue weighted by molar-refractivity contribution is -0.142. The number of pyridine rings is 1. The number of thiazole rings is 1. The summed E-state index contributed by atoms with van der Waals surface area (Å²) >= 11 is 1.26. The number of amides is 1. The molecule has 0 radical (unpaired) electrons. The van der Waals surface area contributed by atoms with Crippen LogP contribution < -0.4 is 10.0 Å². The number of anilines is 1. The topological polar surface area (TPSA) is 155 Å². The Morgan fingerprint density at radius 3 is 2.47 bits per heavy atom. The maximum absolute atomic E-state index is 15.4. The molecule has 0 bridgehead atoms. The number of fused-ring (bicyclic) bond motifs is 5. The number of alkyl halides is 5. The molecule has 306 valence electrons. The molecular weight excluding hydrogens is 830 g/mol. The van der Waals surface area contributed by atoms with Gasteiger partial charge in [0, 0.05) is 59.9 Å². The maximum atomic E-state index is 15.4. The summed E-state index contributed by atoms with van der Waals surface area (Å²) in [5.74, 6) is -8.96. The number of sulfonamides is 1. The van der Waals surface area contributed by atoms with Gasteiger partial charge >= 0.3 is 6.18 Å². The van der Waals surface area contributed by atoms with E-state index in [-0.39, 0.29) is 35.6 Å². The molecule has 7 aromatic rings. The van der Waals surface area contributed by atoms with Crippen LogP contribution in [-0.2, 0) is 54.0 Å². The monoisotopic (exact) mass is 858 g/mol. The van der Waals surface area contributed by atoms with Gasteiger partial charge in [0.2, 0.25) is 15.9 Å². The molecule has 1 amide bonds. The lowest BCUT2D eigenvalue weighted by atomic mass is 9.94. The molecule has 2 aliphatic carbocycles. The first-order valence-corrected chi connectivity index (χ1v) is 20.5. The molecule has 9 rings (SSSR count). The number of hydrogen-bond donors (Lipinski definition) is 2. The minimum absolute atomic E-state index is 0.0126. The highest BCUT2D eigenvalue weighted by Crippen LogP contribution is 2.68. The number of aromatic nitrogens is 8. The third-order valence-corrected chi connectivity index (χ3v) is 11.9. The van der Waals surface area contributed by atoms with E-state index in [0.29, 0.717) is 48.0 Å². The number of nitrogens with one attached hydrogen (secondary N) is 2. The zero-order valence-corrected chi connectivity index (χ0v) is 32.4. The van der Waals surface area contributed by atoms with E-state index in [2.05, 4.69) is 25.3 Å². The van der Waals surface area contributed by atoms with Crippen molar-refractivity contribution in [3.8, 4) is 21.7 Å². The predicted molar refractivity (Wildman–Crippen MR) is 201 cm³/mol. The Morgan fingerprint density at radius 2 is 1.80 bits per heavy atom. The molecule has 2 N–H and O–H groups in total. The van der Waals surface area contributed by atoms with E-state index in [4.69, 9.17) is 9.97 Å². The fourth-order valence-electron chi connectivity index (χ4n) is 7.97. The minimum atomic E-state index is -5.07. The molecule has 1 saturated carbocycles. The van der Waals surface area contributed by atoms with Gasteiger partial charge in [-0.2, -0.15) is 37.2 Å². The zero-order valence-electron chi connectivity index (χ0n) is 30.8. The van der Waals surface area contributed by atoms with E-state index in [0.717, 1.165) is 18.4 Å². The van der Waals surface area contributed by atoms with Crippen molar-refractivity contribution >= 4 is 54.3 Å². The largest absolute Gasteiger partial charge is 0.435 e. The number of carbonyl (C=O) groups is 1. The lowest BCUT2D eigenvalue weighted by Crippen LogP contribution is -2.35. The Hall–Kier alpha value is -5.90. The Kier molecular flexibility index (Phi) is 8.71. The second kappa shape index (κ2) is 13.3. The van der Waals surface area contributed by atoms with Gasteiger partial charge in [-0.3, -0.25) is 23.6 Å². The molecule has 0 aliphatic heterocycles. The van der Waals surface area contributed by atoms with Gasteiger partial charge in [0.15, 0.2) is 17.2 Å². The molecule has 0 spiro atoms. The summed E-state index contributed by atoms with van der Waals surface area (Å²) in [7, 11) is -0.485.